The van der Waals surface area contributed by atoms with Crippen molar-refractivity contribution in [1.82, 2.24) is 44.5 Å². The number of rotatable bonds is 11. The minimum absolute atomic E-state index is 0.113. The van der Waals surface area contributed by atoms with Gasteiger partial charge in [0.2, 0.25) is 13.2 Å². The number of hydrogen-bond acceptors (Lipinski definition) is 18. The lowest BCUT2D eigenvalue weighted by atomic mass is 9.98. The summed E-state index contributed by atoms with van der Waals surface area (Å²) in [5, 5.41) is 17.2. The highest BCUT2D eigenvalue weighted by molar-refractivity contribution is 8.44. The average Bonchev–Trinajstić information content (AvgIpc) is 3.76. The van der Waals surface area contributed by atoms with E-state index >= 15 is 4.39 Å². The molecule has 4 aromatic rings. The number of anilines is 2. The molecule has 47 heavy (non-hydrogen) atoms. The van der Waals surface area contributed by atoms with E-state index in [1.807, 2.05) is 0 Å². The Labute approximate surface area is 273 Å². The fourth-order valence-corrected chi connectivity index (χ4v) is 7.86. The van der Waals surface area contributed by atoms with E-state index < -0.39 is 81.4 Å². The van der Waals surface area contributed by atoms with Gasteiger partial charge in [-0.05, 0) is 6.92 Å². The number of aromatic amines is 1. The number of imidazole rings is 1. The third-order valence-corrected chi connectivity index (χ3v) is 9.91. The van der Waals surface area contributed by atoms with E-state index in [1.54, 1.807) is 0 Å². The summed E-state index contributed by atoms with van der Waals surface area (Å²) in [7, 11) is -1.56. The van der Waals surface area contributed by atoms with Gasteiger partial charge in [0.15, 0.2) is 41.3 Å². The van der Waals surface area contributed by atoms with Crippen LogP contribution in [0.4, 0.5) is 16.2 Å². The second-order valence-corrected chi connectivity index (χ2v) is 15.3. The summed E-state index contributed by atoms with van der Waals surface area (Å²) in [5.74, 6) is -0.181. The summed E-state index contributed by atoms with van der Waals surface area (Å²) in [6, 6.07) is 0. The van der Waals surface area contributed by atoms with Crippen LogP contribution in [0.15, 0.2) is 17.4 Å². The number of aromatic nitrogens is 9. The Bertz CT molecular complexity index is 1940. The van der Waals surface area contributed by atoms with Crippen molar-refractivity contribution in [1.29, 1.82) is 0 Å². The molecule has 0 bridgehead atoms. The van der Waals surface area contributed by atoms with Crippen molar-refractivity contribution < 1.29 is 46.4 Å². The minimum Gasteiger partial charge on any atom is -0.394 e. The third kappa shape index (κ3) is 6.28. The molecule has 256 valence electrons. The molecular weight excluding hydrogens is 711 g/mol. The monoisotopic (exact) mass is 739 g/mol. The van der Waals surface area contributed by atoms with Gasteiger partial charge in [-0.1, -0.05) is 29.7 Å². The number of aliphatic hydroxyl groups excluding tert-OH is 1. The van der Waals surface area contributed by atoms with Gasteiger partial charge in [0.1, 0.15) is 41.9 Å². The molecule has 10 atom stereocenters. The summed E-state index contributed by atoms with van der Waals surface area (Å²) in [4.78, 5) is 30.8. The maximum atomic E-state index is 15.5. The molecule has 0 radical (unpaired) electrons. The molecule has 4 aromatic heterocycles. The number of thiol groups is 2. The quantitative estimate of drug-likeness (QED) is 0.0884. The molecule has 21 nitrogen and oxygen atoms in total. The number of alkyl halides is 1. The molecule has 2 saturated heterocycles. The first-order valence-electron chi connectivity index (χ1n) is 13.5. The highest BCUT2D eigenvalue weighted by Gasteiger charge is 2.57. The number of ether oxygens (including phenoxy) is 3. The standard InChI is InChI=1S/C21H28FN11O10P2S2/c1-21(13(42-44(36)46)12(38-2)18(41-21)32-6-27-9-14(23)25-5-26-15(9)32)4-39-45(37,47)43-11-8(22)7(3-34)40-19(11)33-16-10(30-31-33)17(35)29-20(24)28-16/h5-8,11-13,18-19,34,44H,3-4H2,1-2H3,(H,36,46)(H,37,47)(H2,23,25,26)(H3,24,28,29,35)/t7-,8+,11-,12-,13+,18+,19-,21-,45?/m1/s1. The van der Waals surface area contributed by atoms with E-state index in [0.29, 0.717) is 0 Å². The molecule has 0 saturated carbocycles. The van der Waals surface area contributed by atoms with Gasteiger partial charge in [-0.15, -0.1) is 5.10 Å². The summed E-state index contributed by atoms with van der Waals surface area (Å²) in [6.07, 6.45) is -7.43. The highest BCUT2D eigenvalue weighted by Crippen LogP contribution is 2.58. The molecule has 2 aliphatic rings. The number of halogens is 1. The van der Waals surface area contributed by atoms with Crippen LogP contribution in [-0.2, 0) is 36.9 Å². The lowest BCUT2D eigenvalue weighted by molar-refractivity contribution is -0.110. The lowest BCUT2D eigenvalue weighted by Crippen LogP contribution is -2.45. The zero-order valence-electron chi connectivity index (χ0n) is 24.2. The van der Waals surface area contributed by atoms with E-state index in [2.05, 4.69) is 59.7 Å². The molecule has 2 fully saturated rings. The Morgan fingerprint density at radius 2 is 2.00 bits per heavy atom. The van der Waals surface area contributed by atoms with E-state index in [-0.39, 0.29) is 34.1 Å². The topological polar surface area (TPSA) is 282 Å². The first kappa shape index (κ1) is 34.1. The number of methoxy groups -OCH3 is 1. The van der Waals surface area contributed by atoms with Crippen LogP contribution in [0.25, 0.3) is 22.3 Å². The predicted molar refractivity (Wildman–Crippen MR) is 166 cm³/mol. The fraction of sp³-hybridized carbons (Fsp3) is 0.571. The second-order valence-electron chi connectivity index (χ2n) is 10.6. The van der Waals surface area contributed by atoms with Gasteiger partial charge in [0.05, 0.1) is 19.5 Å². The molecular formula is C21H28FN11O10P2S2. The van der Waals surface area contributed by atoms with Gasteiger partial charge < -0.3 is 35.3 Å². The largest absolute Gasteiger partial charge is 0.394 e. The van der Waals surface area contributed by atoms with Crippen LogP contribution in [0.5, 0.6) is 0 Å². The number of nitrogen functional groups attached to an aromatic ring is 2. The summed E-state index contributed by atoms with van der Waals surface area (Å²) in [5.41, 5.74) is 9.38. The number of nitrogens with one attached hydrogen (secondary N) is 1. The molecule has 2 unspecified atom stereocenters. The van der Waals surface area contributed by atoms with Crippen LogP contribution in [0.1, 0.15) is 19.4 Å². The number of H-pyrrole nitrogens is 1. The average molecular weight is 740 g/mol. The van der Waals surface area contributed by atoms with E-state index in [9.17, 15) is 19.0 Å². The fourth-order valence-electron chi connectivity index (χ4n) is 5.41. The SMILES string of the molecule is CO[C@H]1[C@@H](n2cnc3c(N)ncnc32)O[C@](C)(COP(=O)(S)O[C@@H]2[C@@H](F)[C@@H](CO)O[C@H]2n2nnc3c(=O)[nH]c(N)nc32)[C@H]1O[PH](=O)S. The molecule has 0 spiro atoms. The van der Waals surface area contributed by atoms with Crippen molar-refractivity contribution in [2.24, 2.45) is 0 Å². The van der Waals surface area contributed by atoms with E-state index in [4.69, 9.17) is 39.2 Å². The Morgan fingerprint density at radius 3 is 2.70 bits per heavy atom. The zero-order chi connectivity index (χ0) is 33.8. The number of nitrogens with two attached hydrogens (primary N) is 2. The predicted octanol–water partition coefficient (Wildman–Crippen LogP) is 0.194. The van der Waals surface area contributed by atoms with Crippen molar-refractivity contribution in [2.45, 2.75) is 55.6 Å². The van der Waals surface area contributed by atoms with Gasteiger partial charge in [0.25, 0.3) is 5.56 Å². The Morgan fingerprint density at radius 1 is 1.23 bits per heavy atom. The maximum absolute atomic E-state index is 15.5. The van der Waals surface area contributed by atoms with Crippen molar-refractivity contribution in [3.8, 4) is 0 Å². The van der Waals surface area contributed by atoms with Crippen LogP contribution < -0.4 is 17.0 Å². The molecule has 6 heterocycles. The molecule has 0 amide bonds. The minimum atomic E-state index is -4.55. The number of aliphatic hydroxyl groups is 1. The van der Waals surface area contributed by atoms with Crippen molar-refractivity contribution in [3.63, 3.8) is 0 Å². The van der Waals surface area contributed by atoms with E-state index in [1.165, 1.54) is 31.3 Å². The molecule has 0 aromatic carbocycles. The van der Waals surface area contributed by atoms with Gasteiger partial charge >= 0.3 is 6.80 Å². The Kier molecular flexibility index (Phi) is 9.39. The Balaban J connectivity index is 1.27. The summed E-state index contributed by atoms with van der Waals surface area (Å²) in [6.45, 7) is -4.45. The highest BCUT2D eigenvalue weighted by atomic mass is 32.7. The van der Waals surface area contributed by atoms with Crippen LogP contribution in [-0.4, -0.2) is 106 Å². The Hall–Kier alpha value is -2.76. The molecule has 6 rings (SSSR count). The molecule has 26 heteroatoms. The third-order valence-electron chi connectivity index (χ3n) is 7.54. The smallest absolute Gasteiger partial charge is 0.386 e. The van der Waals surface area contributed by atoms with Crippen LogP contribution in [0, 0.1) is 0 Å². The van der Waals surface area contributed by atoms with E-state index in [0.717, 1.165) is 4.68 Å². The molecule has 6 N–H and O–H groups in total. The van der Waals surface area contributed by atoms with Crippen LogP contribution in [0.3, 0.4) is 0 Å². The number of hydrogen-bond donors (Lipinski definition) is 6. The van der Waals surface area contributed by atoms with Crippen LogP contribution >= 0.6 is 38.5 Å². The van der Waals surface area contributed by atoms with Crippen LogP contribution in [0.2, 0.25) is 0 Å². The first-order valence-corrected chi connectivity index (χ1v) is 18.8. The lowest BCUT2D eigenvalue weighted by Gasteiger charge is -2.31. The van der Waals surface area contributed by atoms with Crippen molar-refractivity contribution >= 4 is 72.6 Å². The maximum Gasteiger partial charge on any atom is 0.386 e. The molecule has 2 aliphatic heterocycles. The normalized spacial score (nSPS) is 31.5. The number of fused-ring (bicyclic) bond motifs is 2. The zero-order valence-corrected chi connectivity index (χ0v) is 27.9. The summed E-state index contributed by atoms with van der Waals surface area (Å²) >= 11 is 7.96. The first-order chi connectivity index (χ1) is 22.3. The number of nitrogens with zero attached hydrogens (tertiary/aromatic N) is 8. The van der Waals surface area contributed by atoms with Gasteiger partial charge in [-0.3, -0.25) is 28.0 Å². The second kappa shape index (κ2) is 12.9. The van der Waals surface area contributed by atoms with Crippen molar-refractivity contribution in [3.05, 3.63) is 23.0 Å². The van der Waals surface area contributed by atoms with Crippen molar-refractivity contribution in [2.75, 3.05) is 31.8 Å². The summed E-state index contributed by atoms with van der Waals surface area (Å²) < 4.78 is 78.1. The van der Waals surface area contributed by atoms with Gasteiger partial charge in [-0.2, -0.15) is 9.67 Å². The van der Waals surface area contributed by atoms with Gasteiger partial charge in [-0.25, -0.2) is 23.9 Å². The van der Waals surface area contributed by atoms with Gasteiger partial charge in [0, 0.05) is 7.11 Å². The molecule has 0 aliphatic carbocycles.